The van der Waals surface area contributed by atoms with E-state index >= 15 is 0 Å². The molecular formula is C21H23ClFN3O6S. The summed E-state index contributed by atoms with van der Waals surface area (Å²) in [6.45, 7) is 2.96. The van der Waals surface area contributed by atoms with Crippen molar-refractivity contribution < 1.29 is 31.9 Å². The lowest BCUT2D eigenvalue weighted by atomic mass is 10.2. The topological polar surface area (TPSA) is 122 Å². The van der Waals surface area contributed by atoms with E-state index in [1.165, 1.54) is 40.7 Å². The number of nitrogens with zero attached hydrogens (tertiary/aromatic N) is 1. The van der Waals surface area contributed by atoms with E-state index in [1.54, 1.807) is 13.8 Å². The monoisotopic (exact) mass is 499 g/mol. The summed E-state index contributed by atoms with van der Waals surface area (Å²) in [7, 11) is -3.65. The zero-order chi connectivity index (χ0) is 24.6. The molecular weight excluding hydrogens is 477 g/mol. The average Bonchev–Trinajstić information content (AvgIpc) is 2.79. The Morgan fingerprint density at radius 1 is 1.06 bits per heavy atom. The number of carbonyl (C=O) groups is 3. The maximum atomic E-state index is 13.1. The SMILES string of the molecule is CCN(CC)S(=O)(=O)c1ccc(C(=O)NCC(=O)OCC(=O)Nc2ccc(F)c(Cl)c2)cc1. The van der Waals surface area contributed by atoms with Gasteiger partial charge in [-0.2, -0.15) is 4.31 Å². The van der Waals surface area contributed by atoms with Gasteiger partial charge in [0.2, 0.25) is 10.0 Å². The first-order valence-corrected chi connectivity index (χ1v) is 11.7. The van der Waals surface area contributed by atoms with Gasteiger partial charge in [0, 0.05) is 24.3 Å². The van der Waals surface area contributed by atoms with Crippen LogP contribution in [-0.4, -0.2) is 56.7 Å². The number of esters is 1. The molecule has 2 N–H and O–H groups in total. The number of sulfonamides is 1. The molecule has 0 fully saturated rings. The molecule has 2 aromatic carbocycles. The van der Waals surface area contributed by atoms with Crippen molar-refractivity contribution in [3.63, 3.8) is 0 Å². The highest BCUT2D eigenvalue weighted by molar-refractivity contribution is 7.89. The van der Waals surface area contributed by atoms with Crippen molar-refractivity contribution in [2.75, 3.05) is 31.6 Å². The minimum Gasteiger partial charge on any atom is -0.454 e. The fourth-order valence-electron chi connectivity index (χ4n) is 2.71. The smallest absolute Gasteiger partial charge is 0.325 e. The van der Waals surface area contributed by atoms with Crippen LogP contribution in [0.4, 0.5) is 10.1 Å². The van der Waals surface area contributed by atoms with Crippen molar-refractivity contribution in [2.45, 2.75) is 18.7 Å². The number of amides is 2. The van der Waals surface area contributed by atoms with E-state index in [-0.39, 0.29) is 21.2 Å². The second kappa shape index (κ2) is 11.7. The molecule has 0 aliphatic heterocycles. The number of hydrogen-bond acceptors (Lipinski definition) is 6. The van der Waals surface area contributed by atoms with Crippen LogP contribution < -0.4 is 10.6 Å². The van der Waals surface area contributed by atoms with Gasteiger partial charge in [-0.05, 0) is 42.5 Å². The summed E-state index contributed by atoms with van der Waals surface area (Å²) < 4.78 is 44.1. The van der Waals surface area contributed by atoms with Crippen molar-refractivity contribution in [3.8, 4) is 0 Å². The Bertz CT molecular complexity index is 1120. The Labute approximate surface area is 195 Å². The summed E-state index contributed by atoms with van der Waals surface area (Å²) in [4.78, 5) is 35.8. The highest BCUT2D eigenvalue weighted by atomic mass is 35.5. The third-order valence-electron chi connectivity index (χ3n) is 4.42. The standard InChI is InChI=1S/C21H23ClFN3O6S/c1-3-26(4-2)33(30,31)16-8-5-14(6-9-16)21(29)24-12-20(28)32-13-19(27)25-15-7-10-18(23)17(22)11-15/h5-11H,3-4,12-13H2,1-2H3,(H,24,29)(H,25,27). The Hall–Kier alpha value is -3.02. The average molecular weight is 500 g/mol. The maximum Gasteiger partial charge on any atom is 0.325 e. The van der Waals surface area contributed by atoms with Gasteiger partial charge in [0.1, 0.15) is 12.4 Å². The fourth-order valence-corrected chi connectivity index (χ4v) is 4.35. The molecule has 0 unspecified atom stereocenters. The molecule has 0 aliphatic rings. The predicted octanol–water partition coefficient (Wildman–Crippen LogP) is 2.42. The van der Waals surface area contributed by atoms with Crippen LogP contribution in [0, 0.1) is 5.82 Å². The Morgan fingerprint density at radius 2 is 1.70 bits per heavy atom. The molecule has 0 spiro atoms. The zero-order valence-electron chi connectivity index (χ0n) is 17.9. The van der Waals surface area contributed by atoms with E-state index in [1.807, 2.05) is 0 Å². The number of anilines is 1. The van der Waals surface area contributed by atoms with E-state index in [0.29, 0.717) is 13.1 Å². The van der Waals surface area contributed by atoms with E-state index in [4.69, 9.17) is 16.3 Å². The van der Waals surface area contributed by atoms with E-state index in [0.717, 1.165) is 6.07 Å². The van der Waals surface area contributed by atoms with Crippen LogP contribution in [0.15, 0.2) is 47.4 Å². The third kappa shape index (κ3) is 7.24. The number of ether oxygens (including phenoxy) is 1. The number of benzene rings is 2. The van der Waals surface area contributed by atoms with Crippen molar-refractivity contribution >= 4 is 45.1 Å². The van der Waals surface area contributed by atoms with Crippen LogP contribution in [-0.2, 0) is 24.3 Å². The van der Waals surface area contributed by atoms with Gasteiger partial charge in [-0.25, -0.2) is 12.8 Å². The van der Waals surface area contributed by atoms with Crippen molar-refractivity contribution in [1.82, 2.24) is 9.62 Å². The molecule has 0 atom stereocenters. The normalized spacial score (nSPS) is 11.2. The first-order chi connectivity index (χ1) is 15.6. The Balaban J connectivity index is 1.83. The fraction of sp³-hybridized carbons (Fsp3) is 0.286. The van der Waals surface area contributed by atoms with Crippen LogP contribution in [0.1, 0.15) is 24.2 Å². The van der Waals surface area contributed by atoms with Gasteiger partial charge in [0.25, 0.3) is 11.8 Å². The molecule has 0 aliphatic carbocycles. The number of rotatable bonds is 10. The van der Waals surface area contributed by atoms with Crippen molar-refractivity contribution in [1.29, 1.82) is 0 Å². The van der Waals surface area contributed by atoms with Gasteiger partial charge in [-0.15, -0.1) is 0 Å². The summed E-state index contributed by atoms with van der Waals surface area (Å²) in [6.07, 6.45) is 0. The van der Waals surface area contributed by atoms with Gasteiger partial charge < -0.3 is 15.4 Å². The lowest BCUT2D eigenvalue weighted by molar-refractivity contribution is -0.146. The van der Waals surface area contributed by atoms with Crippen LogP contribution in [0.5, 0.6) is 0 Å². The van der Waals surface area contributed by atoms with Crippen LogP contribution in [0.3, 0.4) is 0 Å². The summed E-state index contributed by atoms with van der Waals surface area (Å²) >= 11 is 5.62. The van der Waals surface area contributed by atoms with Gasteiger partial charge in [0.05, 0.1) is 9.92 Å². The van der Waals surface area contributed by atoms with Crippen LogP contribution in [0.2, 0.25) is 5.02 Å². The molecule has 178 valence electrons. The molecule has 0 saturated carbocycles. The second-order valence-corrected chi connectivity index (χ2v) is 8.98. The highest BCUT2D eigenvalue weighted by Gasteiger charge is 2.21. The summed E-state index contributed by atoms with van der Waals surface area (Å²) in [5, 5.41) is 4.53. The quantitative estimate of drug-likeness (QED) is 0.484. The number of halogens is 2. The maximum absolute atomic E-state index is 13.1. The molecule has 0 aromatic heterocycles. The molecule has 2 aromatic rings. The molecule has 9 nitrogen and oxygen atoms in total. The number of carbonyl (C=O) groups excluding carboxylic acids is 3. The van der Waals surface area contributed by atoms with Crippen LogP contribution >= 0.6 is 11.6 Å². The summed E-state index contributed by atoms with van der Waals surface area (Å²) in [5.41, 5.74) is 0.370. The number of nitrogens with one attached hydrogen (secondary N) is 2. The minimum atomic E-state index is -3.65. The first-order valence-electron chi connectivity index (χ1n) is 9.87. The zero-order valence-corrected chi connectivity index (χ0v) is 19.5. The third-order valence-corrected chi connectivity index (χ3v) is 6.77. The van der Waals surface area contributed by atoms with E-state index in [2.05, 4.69) is 10.6 Å². The van der Waals surface area contributed by atoms with Gasteiger partial charge in [0.15, 0.2) is 6.61 Å². The van der Waals surface area contributed by atoms with Gasteiger partial charge in [-0.1, -0.05) is 25.4 Å². The van der Waals surface area contributed by atoms with E-state index < -0.39 is 46.8 Å². The molecule has 12 heteroatoms. The van der Waals surface area contributed by atoms with Crippen LogP contribution in [0.25, 0.3) is 0 Å². The Kier molecular flexibility index (Phi) is 9.32. The molecule has 0 radical (unpaired) electrons. The lowest BCUT2D eigenvalue weighted by Gasteiger charge is -2.18. The van der Waals surface area contributed by atoms with Gasteiger partial charge in [-0.3, -0.25) is 14.4 Å². The Morgan fingerprint density at radius 3 is 2.27 bits per heavy atom. The summed E-state index contributed by atoms with van der Waals surface area (Å²) in [6, 6.07) is 8.86. The largest absolute Gasteiger partial charge is 0.454 e. The highest BCUT2D eigenvalue weighted by Crippen LogP contribution is 2.19. The molecule has 2 amide bonds. The molecule has 0 heterocycles. The molecule has 33 heavy (non-hydrogen) atoms. The van der Waals surface area contributed by atoms with Crippen molar-refractivity contribution in [3.05, 3.63) is 58.9 Å². The molecule has 0 saturated heterocycles. The number of hydrogen-bond donors (Lipinski definition) is 2. The molecule has 2 rings (SSSR count). The van der Waals surface area contributed by atoms with E-state index in [9.17, 15) is 27.2 Å². The van der Waals surface area contributed by atoms with Crippen molar-refractivity contribution in [2.24, 2.45) is 0 Å². The minimum absolute atomic E-state index is 0.0515. The second-order valence-electron chi connectivity index (χ2n) is 6.63. The van der Waals surface area contributed by atoms with Gasteiger partial charge >= 0.3 is 5.97 Å². The first kappa shape index (κ1) is 26.2. The summed E-state index contributed by atoms with van der Waals surface area (Å²) in [5.74, 6) is -2.81. The molecule has 0 bridgehead atoms. The lowest BCUT2D eigenvalue weighted by Crippen LogP contribution is -2.32. The predicted molar refractivity (Wildman–Crippen MR) is 120 cm³/mol.